The number of carbonyl (C=O) groups is 4. The molecule has 0 aromatic rings. The van der Waals surface area contributed by atoms with E-state index in [0.717, 1.165) is 0 Å². The van der Waals surface area contributed by atoms with Gasteiger partial charge in [-0.15, -0.1) is 0 Å². The number of hydrogen-bond acceptors (Lipinski definition) is 4. The van der Waals surface area contributed by atoms with E-state index in [1.54, 1.807) is 0 Å². The molecular formula is C14H24N4O4. The monoisotopic (exact) mass is 312 g/mol. The lowest BCUT2D eigenvalue weighted by Crippen LogP contribution is -2.36. The molecule has 0 bridgehead atoms. The van der Waals surface area contributed by atoms with E-state index >= 15 is 0 Å². The molecule has 4 amide bonds. The average Bonchev–Trinajstić information content (AvgIpc) is 2.47. The first-order valence-corrected chi connectivity index (χ1v) is 7.64. The molecule has 1 aliphatic heterocycles. The van der Waals surface area contributed by atoms with Crippen molar-refractivity contribution < 1.29 is 19.2 Å². The van der Waals surface area contributed by atoms with Gasteiger partial charge in [0.2, 0.25) is 23.6 Å². The summed E-state index contributed by atoms with van der Waals surface area (Å²) in [7, 11) is 0. The first-order chi connectivity index (χ1) is 10.6. The second kappa shape index (κ2) is 10.6. The fourth-order valence-corrected chi connectivity index (χ4v) is 1.98. The maximum absolute atomic E-state index is 11.5. The van der Waals surface area contributed by atoms with Gasteiger partial charge in [-0.25, -0.2) is 0 Å². The van der Waals surface area contributed by atoms with Gasteiger partial charge in [0.1, 0.15) is 0 Å². The summed E-state index contributed by atoms with van der Waals surface area (Å²) in [6.07, 6.45) is 2.04. The molecule has 0 aromatic carbocycles. The van der Waals surface area contributed by atoms with Crippen molar-refractivity contribution in [3.8, 4) is 0 Å². The molecule has 8 nitrogen and oxygen atoms in total. The lowest BCUT2D eigenvalue weighted by atomic mass is 10.2. The van der Waals surface area contributed by atoms with E-state index in [0.29, 0.717) is 39.0 Å². The van der Waals surface area contributed by atoms with Crippen molar-refractivity contribution in [1.29, 1.82) is 0 Å². The predicted molar refractivity (Wildman–Crippen MR) is 79.7 cm³/mol. The smallest absolute Gasteiger partial charge is 0.220 e. The summed E-state index contributed by atoms with van der Waals surface area (Å²) in [4.78, 5) is 46.0. The minimum absolute atomic E-state index is 0.129. The Balaban J connectivity index is 2.38. The Bertz CT molecular complexity index is 338. The molecular weight excluding hydrogens is 288 g/mol. The van der Waals surface area contributed by atoms with Crippen LogP contribution in [0.5, 0.6) is 0 Å². The quantitative estimate of drug-likeness (QED) is 0.450. The Morgan fingerprint density at radius 2 is 0.682 bits per heavy atom. The molecule has 1 heterocycles. The SMILES string of the molecule is O=C1CCCC(=O)NCCNC(=O)CCCC(=O)NCCN1. The fourth-order valence-electron chi connectivity index (χ4n) is 1.98. The van der Waals surface area contributed by atoms with Crippen LogP contribution in [0.4, 0.5) is 0 Å². The second-order valence-corrected chi connectivity index (χ2v) is 5.11. The highest BCUT2D eigenvalue weighted by Crippen LogP contribution is 1.96. The number of hydrogen-bond donors (Lipinski definition) is 4. The molecule has 0 aromatic heterocycles. The molecule has 1 rings (SSSR count). The molecule has 0 radical (unpaired) electrons. The van der Waals surface area contributed by atoms with Gasteiger partial charge in [-0.1, -0.05) is 0 Å². The summed E-state index contributed by atoms with van der Waals surface area (Å²) < 4.78 is 0. The lowest BCUT2D eigenvalue weighted by Gasteiger charge is -2.09. The van der Waals surface area contributed by atoms with Gasteiger partial charge >= 0.3 is 0 Å². The highest BCUT2D eigenvalue weighted by Gasteiger charge is 2.08. The van der Waals surface area contributed by atoms with Crippen molar-refractivity contribution >= 4 is 23.6 Å². The Morgan fingerprint density at radius 3 is 0.909 bits per heavy atom. The zero-order valence-corrected chi connectivity index (χ0v) is 12.7. The van der Waals surface area contributed by atoms with Crippen molar-refractivity contribution in [1.82, 2.24) is 21.3 Å². The average molecular weight is 312 g/mol. The first-order valence-electron chi connectivity index (χ1n) is 7.64. The molecule has 1 fully saturated rings. The van der Waals surface area contributed by atoms with E-state index in [1.165, 1.54) is 0 Å². The van der Waals surface area contributed by atoms with E-state index < -0.39 is 0 Å². The molecule has 4 N–H and O–H groups in total. The summed E-state index contributed by atoms with van der Waals surface area (Å²) in [5, 5.41) is 10.7. The molecule has 1 aliphatic rings. The van der Waals surface area contributed by atoms with E-state index in [9.17, 15) is 19.2 Å². The largest absolute Gasteiger partial charge is 0.354 e. The molecule has 22 heavy (non-hydrogen) atoms. The summed E-state index contributed by atoms with van der Waals surface area (Å²) in [5.74, 6) is -0.517. The van der Waals surface area contributed by atoms with Crippen molar-refractivity contribution in [3.63, 3.8) is 0 Å². The summed E-state index contributed by atoms with van der Waals surface area (Å²) in [6.45, 7) is 1.43. The maximum atomic E-state index is 11.5. The van der Waals surface area contributed by atoms with Crippen LogP contribution in [-0.2, 0) is 19.2 Å². The van der Waals surface area contributed by atoms with E-state index in [2.05, 4.69) is 21.3 Å². The minimum atomic E-state index is -0.129. The molecule has 0 saturated carbocycles. The molecule has 0 unspecified atom stereocenters. The summed E-state index contributed by atoms with van der Waals surface area (Å²) in [6, 6.07) is 0. The summed E-state index contributed by atoms with van der Waals surface area (Å²) in [5.41, 5.74) is 0. The fraction of sp³-hybridized carbons (Fsp3) is 0.714. The normalized spacial score (nSPS) is 20.7. The Labute approximate surface area is 129 Å². The van der Waals surface area contributed by atoms with Crippen LogP contribution < -0.4 is 21.3 Å². The van der Waals surface area contributed by atoms with Crippen molar-refractivity contribution in [2.24, 2.45) is 0 Å². The van der Waals surface area contributed by atoms with E-state index in [4.69, 9.17) is 0 Å². The maximum Gasteiger partial charge on any atom is 0.220 e. The van der Waals surface area contributed by atoms with Gasteiger partial charge < -0.3 is 21.3 Å². The third-order valence-electron chi connectivity index (χ3n) is 3.15. The van der Waals surface area contributed by atoms with Gasteiger partial charge in [0.25, 0.3) is 0 Å². The Kier molecular flexibility index (Phi) is 8.63. The number of rotatable bonds is 0. The lowest BCUT2D eigenvalue weighted by molar-refractivity contribution is -0.125. The summed E-state index contributed by atoms with van der Waals surface area (Å²) >= 11 is 0. The zero-order valence-electron chi connectivity index (χ0n) is 12.7. The van der Waals surface area contributed by atoms with Crippen LogP contribution in [0.25, 0.3) is 0 Å². The Morgan fingerprint density at radius 1 is 0.455 bits per heavy atom. The van der Waals surface area contributed by atoms with Crippen molar-refractivity contribution in [3.05, 3.63) is 0 Å². The predicted octanol–water partition coefficient (Wildman–Crippen LogP) is -1.19. The van der Waals surface area contributed by atoms with Crippen LogP contribution in [-0.4, -0.2) is 49.8 Å². The van der Waals surface area contributed by atoms with Gasteiger partial charge in [0, 0.05) is 51.9 Å². The Hall–Kier alpha value is -2.12. The van der Waals surface area contributed by atoms with Crippen LogP contribution in [0.3, 0.4) is 0 Å². The molecule has 124 valence electrons. The van der Waals surface area contributed by atoms with Gasteiger partial charge in [-0.3, -0.25) is 19.2 Å². The van der Waals surface area contributed by atoms with Crippen LogP contribution in [0.2, 0.25) is 0 Å². The number of carbonyl (C=O) groups excluding carboxylic acids is 4. The number of amides is 4. The minimum Gasteiger partial charge on any atom is -0.354 e. The van der Waals surface area contributed by atoms with Crippen LogP contribution in [0, 0.1) is 0 Å². The molecule has 0 atom stereocenters. The highest BCUT2D eigenvalue weighted by atomic mass is 16.2. The van der Waals surface area contributed by atoms with Gasteiger partial charge in [0.05, 0.1) is 0 Å². The molecule has 1 saturated heterocycles. The van der Waals surface area contributed by atoms with Crippen LogP contribution in [0.15, 0.2) is 0 Å². The molecule has 0 aliphatic carbocycles. The highest BCUT2D eigenvalue weighted by molar-refractivity contribution is 5.80. The van der Waals surface area contributed by atoms with Crippen LogP contribution in [0.1, 0.15) is 38.5 Å². The van der Waals surface area contributed by atoms with E-state index in [1.807, 2.05) is 0 Å². The van der Waals surface area contributed by atoms with Gasteiger partial charge in [0.15, 0.2) is 0 Å². The zero-order chi connectivity index (χ0) is 16.2. The van der Waals surface area contributed by atoms with Gasteiger partial charge in [-0.05, 0) is 12.8 Å². The molecule has 8 heteroatoms. The third-order valence-corrected chi connectivity index (χ3v) is 3.15. The standard InChI is InChI=1S/C14H24N4O4/c19-11-3-1-4-12(20)16-8-10-18-14(22)6-2-5-13(21)17-9-7-15-11/h1-10H2,(H,15,19)(H,16,20)(H,17,21)(H,18,22). The first kappa shape index (κ1) is 17.9. The van der Waals surface area contributed by atoms with Crippen molar-refractivity contribution in [2.75, 3.05) is 26.2 Å². The molecule has 0 spiro atoms. The number of nitrogens with one attached hydrogen (secondary N) is 4. The topological polar surface area (TPSA) is 116 Å². The second-order valence-electron chi connectivity index (χ2n) is 5.11. The van der Waals surface area contributed by atoms with Crippen molar-refractivity contribution in [2.45, 2.75) is 38.5 Å². The van der Waals surface area contributed by atoms with Gasteiger partial charge in [-0.2, -0.15) is 0 Å². The van der Waals surface area contributed by atoms with Crippen LogP contribution >= 0.6 is 0 Å². The van der Waals surface area contributed by atoms with E-state index in [-0.39, 0.29) is 49.3 Å². The third kappa shape index (κ3) is 8.93.